The summed E-state index contributed by atoms with van der Waals surface area (Å²) < 4.78 is 0.824. The van der Waals surface area contributed by atoms with Crippen molar-refractivity contribution in [1.82, 2.24) is 4.90 Å². The van der Waals surface area contributed by atoms with Gasteiger partial charge in [0.2, 0.25) is 0 Å². The lowest BCUT2D eigenvalue weighted by molar-refractivity contribution is 0.0555. The quantitative estimate of drug-likeness (QED) is 0.719. The van der Waals surface area contributed by atoms with E-state index in [1.165, 1.54) is 19.3 Å². The lowest BCUT2D eigenvalue weighted by atomic mass is 9.93. The average Bonchev–Trinajstić information content (AvgIpc) is 2.42. The van der Waals surface area contributed by atoms with Crippen LogP contribution in [0.4, 0.5) is 0 Å². The van der Waals surface area contributed by atoms with Crippen LogP contribution < -0.4 is 0 Å². The normalized spacial score (nSPS) is 16.4. The zero-order valence-electron chi connectivity index (χ0n) is 12.0. The molecule has 1 aromatic carbocycles. The fourth-order valence-electron chi connectivity index (χ4n) is 2.96. The minimum atomic E-state index is 0.0984. The van der Waals surface area contributed by atoms with Crippen molar-refractivity contribution in [2.45, 2.75) is 58.0 Å². The second-order valence-corrected chi connectivity index (χ2v) is 6.99. The highest BCUT2D eigenvalue weighted by molar-refractivity contribution is 9.10. The first-order chi connectivity index (χ1) is 9.50. The van der Waals surface area contributed by atoms with E-state index < -0.39 is 0 Å². The first-order valence-electron chi connectivity index (χ1n) is 7.28. The van der Waals surface area contributed by atoms with Gasteiger partial charge in [0.05, 0.1) is 5.02 Å². The monoisotopic (exact) mass is 357 g/mol. The van der Waals surface area contributed by atoms with Crippen molar-refractivity contribution in [3.63, 3.8) is 0 Å². The van der Waals surface area contributed by atoms with E-state index in [1.807, 2.05) is 17.0 Å². The largest absolute Gasteiger partial charge is 0.333 e. The van der Waals surface area contributed by atoms with Gasteiger partial charge in [-0.15, -0.1) is 0 Å². The van der Waals surface area contributed by atoms with Gasteiger partial charge in [0.25, 0.3) is 5.91 Å². The summed E-state index contributed by atoms with van der Waals surface area (Å²) in [5.74, 6) is 0.0984. The van der Waals surface area contributed by atoms with Crippen LogP contribution in [0.15, 0.2) is 22.7 Å². The first kappa shape index (κ1) is 15.8. The van der Waals surface area contributed by atoms with Crippen molar-refractivity contribution in [2.24, 2.45) is 0 Å². The zero-order chi connectivity index (χ0) is 14.7. The van der Waals surface area contributed by atoms with E-state index in [4.69, 9.17) is 11.6 Å². The van der Waals surface area contributed by atoms with E-state index in [0.717, 1.165) is 17.3 Å². The molecule has 0 bridgehead atoms. The molecule has 20 heavy (non-hydrogen) atoms. The number of hydrogen-bond donors (Lipinski definition) is 0. The Balaban J connectivity index is 2.23. The van der Waals surface area contributed by atoms with Gasteiger partial charge in [-0.1, -0.05) is 30.9 Å². The molecule has 2 rings (SSSR count). The Morgan fingerprint density at radius 3 is 2.50 bits per heavy atom. The van der Waals surface area contributed by atoms with E-state index in [9.17, 15) is 4.79 Å². The molecule has 1 aliphatic rings. The van der Waals surface area contributed by atoms with Crippen LogP contribution in [-0.4, -0.2) is 22.9 Å². The molecule has 1 aromatic rings. The van der Waals surface area contributed by atoms with Gasteiger partial charge < -0.3 is 4.90 Å². The number of benzene rings is 1. The summed E-state index contributed by atoms with van der Waals surface area (Å²) in [6.07, 6.45) is 5.98. The van der Waals surface area contributed by atoms with Crippen molar-refractivity contribution in [2.75, 3.05) is 0 Å². The highest BCUT2D eigenvalue weighted by Gasteiger charge is 2.28. The molecule has 0 aliphatic heterocycles. The third-order valence-corrected chi connectivity index (χ3v) is 5.16. The first-order valence-corrected chi connectivity index (χ1v) is 8.45. The molecule has 1 amide bonds. The summed E-state index contributed by atoms with van der Waals surface area (Å²) in [6, 6.07) is 6.03. The van der Waals surface area contributed by atoms with E-state index in [2.05, 4.69) is 29.8 Å². The Labute approximate surface area is 134 Å². The number of amides is 1. The molecular formula is C16H21BrClNO. The fraction of sp³-hybridized carbons (Fsp3) is 0.562. The number of rotatable bonds is 3. The topological polar surface area (TPSA) is 20.3 Å². The molecule has 0 saturated heterocycles. The molecule has 0 aromatic heterocycles. The maximum Gasteiger partial charge on any atom is 0.254 e. The molecule has 0 atom stereocenters. The lowest BCUT2D eigenvalue weighted by Gasteiger charge is -2.37. The van der Waals surface area contributed by atoms with Crippen molar-refractivity contribution in [3.05, 3.63) is 33.3 Å². The van der Waals surface area contributed by atoms with Crippen LogP contribution in [0, 0.1) is 0 Å². The van der Waals surface area contributed by atoms with Crippen LogP contribution in [-0.2, 0) is 0 Å². The minimum Gasteiger partial charge on any atom is -0.333 e. The Hall–Kier alpha value is -0.540. The van der Waals surface area contributed by atoms with Crippen LogP contribution in [0.5, 0.6) is 0 Å². The molecule has 0 heterocycles. The molecule has 110 valence electrons. The summed E-state index contributed by atoms with van der Waals surface area (Å²) in [5.41, 5.74) is 0.678. The zero-order valence-corrected chi connectivity index (χ0v) is 14.4. The van der Waals surface area contributed by atoms with Gasteiger partial charge in [-0.25, -0.2) is 0 Å². The predicted octanol–water partition coefficient (Wildman–Crippen LogP) is 5.29. The van der Waals surface area contributed by atoms with Gasteiger partial charge in [-0.05, 0) is 60.8 Å². The molecule has 2 nitrogen and oxygen atoms in total. The Morgan fingerprint density at radius 1 is 1.30 bits per heavy atom. The van der Waals surface area contributed by atoms with Gasteiger partial charge in [0.15, 0.2) is 0 Å². The maximum absolute atomic E-state index is 12.8. The second kappa shape index (κ2) is 6.95. The lowest BCUT2D eigenvalue weighted by Crippen LogP contribution is -2.45. The van der Waals surface area contributed by atoms with Crippen LogP contribution in [0.1, 0.15) is 56.3 Å². The van der Waals surface area contributed by atoms with E-state index in [0.29, 0.717) is 16.6 Å². The fourth-order valence-corrected chi connectivity index (χ4v) is 3.39. The number of carbonyl (C=O) groups excluding carboxylic acids is 1. The Bertz CT molecular complexity index is 483. The van der Waals surface area contributed by atoms with E-state index in [-0.39, 0.29) is 11.9 Å². The van der Waals surface area contributed by atoms with Crippen LogP contribution >= 0.6 is 27.5 Å². The van der Waals surface area contributed by atoms with E-state index >= 15 is 0 Å². The number of halogens is 2. The summed E-state index contributed by atoms with van der Waals surface area (Å²) in [7, 11) is 0. The summed E-state index contributed by atoms with van der Waals surface area (Å²) in [6.45, 7) is 4.18. The average molecular weight is 359 g/mol. The number of hydrogen-bond acceptors (Lipinski definition) is 1. The number of carbonyl (C=O) groups is 1. The molecule has 1 aliphatic carbocycles. The molecule has 0 spiro atoms. The molecule has 4 heteroatoms. The summed E-state index contributed by atoms with van der Waals surface area (Å²) >= 11 is 9.47. The Morgan fingerprint density at radius 2 is 1.95 bits per heavy atom. The van der Waals surface area contributed by atoms with Crippen LogP contribution in [0.2, 0.25) is 5.02 Å². The molecular weight excluding hydrogens is 338 g/mol. The standard InChI is InChI=1S/C16H21BrClNO/c1-11(2)19(13-6-4-3-5-7-13)16(20)12-8-9-14(17)15(18)10-12/h8-11,13H,3-7H2,1-2H3. The Kier molecular flexibility index (Phi) is 5.50. The van der Waals surface area contributed by atoms with Gasteiger partial charge in [-0.2, -0.15) is 0 Å². The predicted molar refractivity (Wildman–Crippen MR) is 87.3 cm³/mol. The molecule has 1 fully saturated rings. The SMILES string of the molecule is CC(C)N(C(=O)c1ccc(Br)c(Cl)c1)C1CCCCC1. The molecule has 0 unspecified atom stereocenters. The maximum atomic E-state index is 12.8. The van der Waals surface area contributed by atoms with Crippen molar-refractivity contribution >= 4 is 33.4 Å². The summed E-state index contributed by atoms with van der Waals surface area (Å²) in [4.78, 5) is 14.8. The van der Waals surface area contributed by atoms with Gasteiger partial charge >= 0.3 is 0 Å². The van der Waals surface area contributed by atoms with Crippen molar-refractivity contribution in [1.29, 1.82) is 0 Å². The molecule has 0 radical (unpaired) electrons. The van der Waals surface area contributed by atoms with Crippen molar-refractivity contribution < 1.29 is 4.79 Å². The third-order valence-electron chi connectivity index (χ3n) is 3.93. The highest BCUT2D eigenvalue weighted by Crippen LogP contribution is 2.28. The summed E-state index contributed by atoms with van der Waals surface area (Å²) in [5, 5.41) is 0.586. The minimum absolute atomic E-state index is 0.0984. The smallest absolute Gasteiger partial charge is 0.254 e. The van der Waals surface area contributed by atoms with Crippen LogP contribution in [0.25, 0.3) is 0 Å². The van der Waals surface area contributed by atoms with Crippen LogP contribution in [0.3, 0.4) is 0 Å². The second-order valence-electron chi connectivity index (χ2n) is 5.73. The molecule has 0 N–H and O–H groups in total. The molecule has 1 saturated carbocycles. The number of nitrogens with zero attached hydrogens (tertiary/aromatic N) is 1. The van der Waals surface area contributed by atoms with Gasteiger partial charge in [0.1, 0.15) is 0 Å². The van der Waals surface area contributed by atoms with E-state index in [1.54, 1.807) is 6.07 Å². The van der Waals surface area contributed by atoms with Gasteiger partial charge in [0, 0.05) is 22.1 Å². The van der Waals surface area contributed by atoms with Gasteiger partial charge in [-0.3, -0.25) is 4.79 Å². The van der Waals surface area contributed by atoms with Crippen molar-refractivity contribution in [3.8, 4) is 0 Å². The third kappa shape index (κ3) is 3.56. The highest BCUT2D eigenvalue weighted by atomic mass is 79.9.